The summed E-state index contributed by atoms with van der Waals surface area (Å²) in [5.74, 6) is 0.755. The Bertz CT molecular complexity index is 383. The Morgan fingerprint density at radius 3 is 3.08 bits per heavy atom. The van der Waals surface area contributed by atoms with Crippen LogP contribution in [0.25, 0.3) is 0 Å². The van der Waals surface area contributed by atoms with Gasteiger partial charge in [-0.2, -0.15) is 0 Å². The van der Waals surface area contributed by atoms with E-state index in [1.807, 2.05) is 0 Å². The van der Waals surface area contributed by atoms with Crippen LogP contribution in [-0.4, -0.2) is 19.1 Å². The van der Waals surface area contributed by atoms with Gasteiger partial charge in [-0.05, 0) is 12.1 Å². The maximum absolute atomic E-state index is 11.4. The average Bonchev–Trinajstić information content (AvgIpc) is 2.18. The van der Waals surface area contributed by atoms with E-state index >= 15 is 0 Å². The average molecular weight is 175 g/mol. The zero-order valence-corrected chi connectivity index (χ0v) is 7.28. The fourth-order valence-corrected chi connectivity index (χ4v) is 1.38. The molecule has 1 aliphatic rings. The van der Waals surface area contributed by atoms with Crippen molar-refractivity contribution >= 4 is 17.7 Å². The maximum Gasteiger partial charge on any atom is 0.170 e. The van der Waals surface area contributed by atoms with Crippen molar-refractivity contribution in [3.63, 3.8) is 0 Å². The van der Waals surface area contributed by atoms with E-state index in [0.29, 0.717) is 23.4 Å². The third-order valence-electron chi connectivity index (χ3n) is 2.02. The molecule has 0 spiro atoms. The van der Waals surface area contributed by atoms with Crippen molar-refractivity contribution < 1.29 is 9.53 Å². The van der Waals surface area contributed by atoms with E-state index in [2.05, 4.69) is 4.99 Å². The second kappa shape index (κ2) is 3.01. The van der Waals surface area contributed by atoms with Crippen molar-refractivity contribution in [3.05, 3.63) is 23.8 Å². The minimum atomic E-state index is 0.101. The van der Waals surface area contributed by atoms with Crippen LogP contribution in [0.3, 0.4) is 0 Å². The lowest BCUT2D eigenvalue weighted by Crippen LogP contribution is -2.05. The number of carbonyl (C=O) groups is 1. The van der Waals surface area contributed by atoms with Gasteiger partial charge in [-0.1, -0.05) is 6.07 Å². The van der Waals surface area contributed by atoms with Crippen LogP contribution in [0, 0.1) is 0 Å². The van der Waals surface area contributed by atoms with E-state index in [9.17, 15) is 4.79 Å². The van der Waals surface area contributed by atoms with Crippen LogP contribution < -0.4 is 4.74 Å². The number of aliphatic imine (C=N–C) groups is 1. The van der Waals surface area contributed by atoms with Crippen molar-refractivity contribution in [2.24, 2.45) is 4.99 Å². The van der Waals surface area contributed by atoms with Crippen LogP contribution in [0.15, 0.2) is 23.2 Å². The molecule has 0 aromatic heterocycles. The molecule has 0 saturated carbocycles. The lowest BCUT2D eigenvalue weighted by molar-refractivity contribution is 0.100. The molecule has 0 fully saturated rings. The summed E-state index contributed by atoms with van der Waals surface area (Å²) in [4.78, 5) is 15.6. The highest BCUT2D eigenvalue weighted by Gasteiger charge is 2.16. The van der Waals surface area contributed by atoms with Crippen molar-refractivity contribution in [2.75, 3.05) is 7.11 Å². The molecule has 3 heteroatoms. The van der Waals surface area contributed by atoms with Gasteiger partial charge in [0.15, 0.2) is 5.78 Å². The van der Waals surface area contributed by atoms with E-state index in [1.54, 1.807) is 31.5 Å². The number of rotatable bonds is 1. The summed E-state index contributed by atoms with van der Waals surface area (Å²) in [6.07, 6.45) is 2.01. The summed E-state index contributed by atoms with van der Waals surface area (Å²) in [5.41, 5.74) is 1.31. The summed E-state index contributed by atoms with van der Waals surface area (Å²) < 4.78 is 5.09. The van der Waals surface area contributed by atoms with Crippen LogP contribution in [0.4, 0.5) is 5.69 Å². The largest absolute Gasteiger partial charge is 0.494 e. The molecule has 1 aromatic rings. The molecule has 1 heterocycles. The number of carbonyl (C=O) groups excluding carboxylic acids is 1. The predicted molar refractivity (Wildman–Crippen MR) is 50.1 cm³/mol. The molecule has 13 heavy (non-hydrogen) atoms. The lowest BCUT2D eigenvalue weighted by Gasteiger charge is -2.11. The maximum atomic E-state index is 11.4. The number of para-hydroxylation sites is 1. The van der Waals surface area contributed by atoms with Crippen molar-refractivity contribution in [1.82, 2.24) is 0 Å². The van der Waals surface area contributed by atoms with E-state index in [1.165, 1.54) is 0 Å². The molecule has 0 bridgehead atoms. The molecule has 3 nitrogen and oxygen atoms in total. The number of hydrogen-bond acceptors (Lipinski definition) is 3. The summed E-state index contributed by atoms with van der Waals surface area (Å²) >= 11 is 0. The lowest BCUT2D eigenvalue weighted by atomic mass is 10.0. The Labute approximate surface area is 76.1 Å². The Morgan fingerprint density at radius 2 is 2.31 bits per heavy atom. The standard InChI is InChI=1S/C10H9NO2/c1-13-9-4-2-3-7-8(12)5-6-11-10(7)9/h2-4,6H,5H2,1H3. The molecule has 1 aliphatic heterocycles. The first kappa shape index (κ1) is 7.98. The van der Waals surface area contributed by atoms with E-state index in [4.69, 9.17) is 4.74 Å². The first-order valence-corrected chi connectivity index (χ1v) is 4.05. The zero-order chi connectivity index (χ0) is 9.26. The minimum absolute atomic E-state index is 0.101. The number of methoxy groups -OCH3 is 1. The molecule has 0 radical (unpaired) electrons. The number of Topliss-reactive ketones (excluding diaryl/α,β-unsaturated/α-hetero) is 1. The van der Waals surface area contributed by atoms with E-state index < -0.39 is 0 Å². The summed E-state index contributed by atoms with van der Waals surface area (Å²) in [5, 5.41) is 0. The topological polar surface area (TPSA) is 38.7 Å². The molecule has 66 valence electrons. The summed E-state index contributed by atoms with van der Waals surface area (Å²) in [6.45, 7) is 0. The Hall–Kier alpha value is -1.64. The summed E-state index contributed by atoms with van der Waals surface area (Å²) in [7, 11) is 1.57. The van der Waals surface area contributed by atoms with Crippen LogP contribution in [-0.2, 0) is 0 Å². The molecule has 0 amide bonds. The highest BCUT2D eigenvalue weighted by atomic mass is 16.5. The number of nitrogens with zero attached hydrogens (tertiary/aromatic N) is 1. The van der Waals surface area contributed by atoms with E-state index in [-0.39, 0.29) is 5.78 Å². The third-order valence-corrected chi connectivity index (χ3v) is 2.02. The first-order chi connectivity index (χ1) is 6.33. The number of ether oxygens (including phenoxy) is 1. The smallest absolute Gasteiger partial charge is 0.170 e. The number of ketones is 1. The molecule has 0 aliphatic carbocycles. The van der Waals surface area contributed by atoms with Gasteiger partial charge in [0, 0.05) is 18.2 Å². The number of benzene rings is 1. The molecule has 0 atom stereocenters. The fraction of sp³-hybridized carbons (Fsp3) is 0.200. The molecule has 1 aromatic carbocycles. The van der Waals surface area contributed by atoms with Crippen LogP contribution in [0.1, 0.15) is 16.8 Å². The van der Waals surface area contributed by atoms with Gasteiger partial charge in [0.1, 0.15) is 11.4 Å². The molecular weight excluding hydrogens is 166 g/mol. The van der Waals surface area contributed by atoms with E-state index in [0.717, 1.165) is 0 Å². The van der Waals surface area contributed by atoms with Crippen LogP contribution >= 0.6 is 0 Å². The monoisotopic (exact) mass is 175 g/mol. The Morgan fingerprint density at radius 1 is 1.46 bits per heavy atom. The van der Waals surface area contributed by atoms with Gasteiger partial charge in [-0.15, -0.1) is 0 Å². The minimum Gasteiger partial charge on any atom is -0.494 e. The van der Waals surface area contributed by atoms with Crippen LogP contribution in [0.2, 0.25) is 0 Å². The van der Waals surface area contributed by atoms with Gasteiger partial charge in [-0.25, -0.2) is 0 Å². The highest BCUT2D eigenvalue weighted by molar-refractivity contribution is 6.10. The quantitative estimate of drug-likeness (QED) is 0.654. The first-order valence-electron chi connectivity index (χ1n) is 4.05. The second-order valence-electron chi connectivity index (χ2n) is 2.80. The Balaban J connectivity index is 2.63. The Kier molecular flexibility index (Phi) is 1.85. The SMILES string of the molecule is COc1cccc2c1N=CCC2=O. The van der Waals surface area contributed by atoms with Gasteiger partial charge in [-0.3, -0.25) is 9.79 Å². The van der Waals surface area contributed by atoms with Gasteiger partial charge >= 0.3 is 0 Å². The van der Waals surface area contributed by atoms with Crippen molar-refractivity contribution in [2.45, 2.75) is 6.42 Å². The number of hydrogen-bond donors (Lipinski definition) is 0. The fourth-order valence-electron chi connectivity index (χ4n) is 1.38. The molecule has 0 unspecified atom stereocenters. The molecule has 0 saturated heterocycles. The van der Waals surface area contributed by atoms with Gasteiger partial charge in [0.05, 0.1) is 7.11 Å². The molecule has 2 rings (SSSR count). The predicted octanol–water partition coefficient (Wildman–Crippen LogP) is 1.98. The molecular formula is C10H9NO2. The van der Waals surface area contributed by atoms with Crippen molar-refractivity contribution in [1.29, 1.82) is 0 Å². The van der Waals surface area contributed by atoms with Gasteiger partial charge in [0.25, 0.3) is 0 Å². The summed E-state index contributed by atoms with van der Waals surface area (Å²) in [6, 6.07) is 5.38. The molecule has 0 N–H and O–H groups in total. The van der Waals surface area contributed by atoms with Crippen LogP contribution in [0.5, 0.6) is 5.75 Å². The normalized spacial score (nSPS) is 14.1. The second-order valence-corrected chi connectivity index (χ2v) is 2.80. The number of fused-ring (bicyclic) bond motifs is 1. The van der Waals surface area contributed by atoms with Gasteiger partial charge in [0.2, 0.25) is 0 Å². The zero-order valence-electron chi connectivity index (χ0n) is 7.28. The van der Waals surface area contributed by atoms with Crippen molar-refractivity contribution in [3.8, 4) is 5.75 Å². The third kappa shape index (κ3) is 1.22. The highest BCUT2D eigenvalue weighted by Crippen LogP contribution is 2.33. The van der Waals surface area contributed by atoms with Gasteiger partial charge < -0.3 is 4.74 Å².